The van der Waals surface area contributed by atoms with Crippen LogP contribution in [-0.2, 0) is 6.42 Å². The van der Waals surface area contributed by atoms with E-state index in [1.54, 1.807) is 26.2 Å². The Morgan fingerprint density at radius 3 is 2.68 bits per heavy atom. The van der Waals surface area contributed by atoms with Gasteiger partial charge in [0.25, 0.3) is 0 Å². The van der Waals surface area contributed by atoms with Crippen molar-refractivity contribution < 1.29 is 14.6 Å². The van der Waals surface area contributed by atoms with Crippen LogP contribution in [0, 0.1) is 0 Å². The quantitative estimate of drug-likeness (QED) is 0.652. The summed E-state index contributed by atoms with van der Waals surface area (Å²) in [5, 5.41) is 9.97. The molecule has 0 unspecified atom stereocenters. The number of rotatable bonds is 6. The van der Waals surface area contributed by atoms with Crippen LogP contribution < -0.4 is 4.74 Å². The van der Waals surface area contributed by atoms with E-state index in [0.29, 0.717) is 17.0 Å². The van der Waals surface area contributed by atoms with Gasteiger partial charge in [0.05, 0.1) is 12.0 Å². The third-order valence-corrected chi connectivity index (χ3v) is 4.61. The van der Waals surface area contributed by atoms with Crippen molar-refractivity contribution >= 4 is 22.8 Å². The van der Waals surface area contributed by atoms with Gasteiger partial charge in [0.2, 0.25) is 0 Å². The number of aryl methyl sites for hydroxylation is 1. The fourth-order valence-electron chi connectivity index (χ4n) is 2.02. The summed E-state index contributed by atoms with van der Waals surface area (Å²) in [6, 6.07) is 8.84. The molecule has 0 atom stereocenters. The molecule has 0 fully saturated rings. The van der Waals surface area contributed by atoms with E-state index in [0.717, 1.165) is 11.3 Å². The van der Waals surface area contributed by atoms with E-state index < -0.39 is 0 Å². The Morgan fingerprint density at radius 1 is 1.32 bits per heavy atom. The molecule has 4 nitrogen and oxygen atoms in total. The van der Waals surface area contributed by atoms with Crippen LogP contribution in [-0.4, -0.2) is 30.3 Å². The molecule has 0 amide bonds. The number of ketones is 1. The molecule has 116 valence electrons. The van der Waals surface area contributed by atoms with E-state index >= 15 is 0 Å². The lowest BCUT2D eigenvalue weighted by Crippen LogP contribution is -2.05. The van der Waals surface area contributed by atoms with E-state index in [2.05, 4.69) is 11.9 Å². The number of thiophene rings is 1. The molecular formula is C17H19NO3S. The maximum atomic E-state index is 12.1. The molecule has 0 bridgehead atoms. The second-order valence-corrected chi connectivity index (χ2v) is 6.00. The Bertz CT molecular complexity index is 704. The number of carbonyl (C=O) groups is 1. The van der Waals surface area contributed by atoms with Crippen LogP contribution in [0.15, 0.2) is 35.3 Å². The highest BCUT2D eigenvalue weighted by atomic mass is 32.1. The Balaban J connectivity index is 2.10. The fourth-order valence-corrected chi connectivity index (χ4v) is 2.89. The van der Waals surface area contributed by atoms with Gasteiger partial charge in [-0.25, -0.2) is 0 Å². The Labute approximate surface area is 134 Å². The summed E-state index contributed by atoms with van der Waals surface area (Å²) in [7, 11) is 1.54. The number of hydrogen-bond donors (Lipinski definition) is 1. The van der Waals surface area contributed by atoms with Gasteiger partial charge in [0, 0.05) is 22.2 Å². The number of hydrogen-bond acceptors (Lipinski definition) is 5. The molecule has 1 aromatic heterocycles. The minimum atomic E-state index is -0.00273. The SMILES string of the molecule is CCc1ccc(C(=O)CN=C(C)c2ccc(OC)cc2O)s1. The van der Waals surface area contributed by atoms with Crippen molar-refractivity contribution in [1.82, 2.24) is 0 Å². The molecule has 0 aliphatic rings. The molecule has 22 heavy (non-hydrogen) atoms. The maximum absolute atomic E-state index is 12.1. The first-order valence-corrected chi connectivity index (χ1v) is 7.87. The van der Waals surface area contributed by atoms with E-state index in [4.69, 9.17) is 4.74 Å². The van der Waals surface area contributed by atoms with Gasteiger partial charge in [-0.1, -0.05) is 6.92 Å². The molecule has 5 heteroatoms. The lowest BCUT2D eigenvalue weighted by atomic mass is 10.1. The second kappa shape index (κ2) is 7.22. The summed E-state index contributed by atoms with van der Waals surface area (Å²) >= 11 is 1.51. The lowest BCUT2D eigenvalue weighted by Gasteiger charge is -2.06. The lowest BCUT2D eigenvalue weighted by molar-refractivity contribution is 0.101. The maximum Gasteiger partial charge on any atom is 0.194 e. The van der Waals surface area contributed by atoms with Crippen molar-refractivity contribution in [2.45, 2.75) is 20.3 Å². The normalized spacial score (nSPS) is 11.5. The van der Waals surface area contributed by atoms with Crippen molar-refractivity contribution in [1.29, 1.82) is 0 Å². The molecule has 0 aliphatic carbocycles. The average molecular weight is 317 g/mol. The first kappa shape index (κ1) is 16.2. The minimum absolute atomic E-state index is 0.00273. The van der Waals surface area contributed by atoms with Crippen LogP contribution in [0.3, 0.4) is 0 Å². The number of phenols is 1. The average Bonchev–Trinajstić information content (AvgIpc) is 3.01. The van der Waals surface area contributed by atoms with Gasteiger partial charge in [0.15, 0.2) is 5.78 Å². The number of phenolic OH excluding ortho intramolecular Hbond substituents is 1. The number of methoxy groups -OCH3 is 1. The molecule has 0 spiro atoms. The third-order valence-electron chi connectivity index (χ3n) is 3.34. The number of Topliss-reactive ketones (excluding diaryl/α,β-unsaturated/α-hetero) is 1. The van der Waals surface area contributed by atoms with Crippen molar-refractivity contribution in [3.63, 3.8) is 0 Å². The summed E-state index contributed by atoms with van der Waals surface area (Å²) < 4.78 is 5.05. The summed E-state index contributed by atoms with van der Waals surface area (Å²) in [5.41, 5.74) is 1.23. The van der Waals surface area contributed by atoms with E-state index in [-0.39, 0.29) is 18.1 Å². The number of nitrogens with zero attached hydrogens (tertiary/aromatic N) is 1. The molecule has 0 aliphatic heterocycles. The molecule has 0 saturated heterocycles. The van der Waals surface area contributed by atoms with Crippen molar-refractivity contribution in [2.75, 3.05) is 13.7 Å². The number of benzene rings is 1. The molecule has 2 rings (SSSR count). The smallest absolute Gasteiger partial charge is 0.194 e. The first-order valence-electron chi connectivity index (χ1n) is 7.05. The Hall–Kier alpha value is -2.14. The van der Waals surface area contributed by atoms with Gasteiger partial charge in [-0.3, -0.25) is 9.79 Å². The second-order valence-electron chi connectivity index (χ2n) is 4.83. The Kier molecular flexibility index (Phi) is 5.33. The molecule has 1 aromatic carbocycles. The predicted octanol–water partition coefficient (Wildman–Crippen LogP) is 3.72. The van der Waals surface area contributed by atoms with Crippen LogP contribution in [0.4, 0.5) is 0 Å². The Morgan fingerprint density at radius 2 is 2.09 bits per heavy atom. The van der Waals surface area contributed by atoms with Gasteiger partial charge in [-0.05, 0) is 37.6 Å². The predicted molar refractivity (Wildman–Crippen MR) is 89.8 cm³/mol. The standard InChI is InChI=1S/C17H19NO3S/c1-4-13-6-8-17(22-13)16(20)10-18-11(2)14-7-5-12(21-3)9-15(14)19/h5-9,19H,4,10H2,1-3H3. The highest BCUT2D eigenvalue weighted by Gasteiger charge is 2.10. The van der Waals surface area contributed by atoms with Crippen molar-refractivity contribution in [3.8, 4) is 11.5 Å². The molecule has 1 N–H and O–H groups in total. The zero-order valence-electron chi connectivity index (χ0n) is 12.9. The molecule has 1 heterocycles. The van der Waals surface area contributed by atoms with Crippen molar-refractivity contribution in [3.05, 3.63) is 45.6 Å². The molecule has 0 saturated carbocycles. The highest BCUT2D eigenvalue weighted by molar-refractivity contribution is 7.14. The summed E-state index contributed by atoms with van der Waals surface area (Å²) in [5.74, 6) is 0.672. The molecule has 0 radical (unpaired) electrons. The minimum Gasteiger partial charge on any atom is -0.507 e. The molecule has 2 aromatic rings. The van der Waals surface area contributed by atoms with Crippen LogP contribution in [0.25, 0.3) is 0 Å². The largest absolute Gasteiger partial charge is 0.507 e. The van der Waals surface area contributed by atoms with Gasteiger partial charge in [-0.15, -0.1) is 11.3 Å². The van der Waals surface area contributed by atoms with Crippen LogP contribution in [0.2, 0.25) is 0 Å². The van der Waals surface area contributed by atoms with Gasteiger partial charge < -0.3 is 9.84 Å². The van der Waals surface area contributed by atoms with Crippen molar-refractivity contribution in [2.24, 2.45) is 4.99 Å². The number of aromatic hydroxyl groups is 1. The van der Waals surface area contributed by atoms with Crippen LogP contribution in [0.1, 0.15) is 34.0 Å². The van der Waals surface area contributed by atoms with Gasteiger partial charge in [-0.2, -0.15) is 0 Å². The number of ether oxygens (including phenoxy) is 1. The third kappa shape index (κ3) is 3.74. The van der Waals surface area contributed by atoms with Crippen LogP contribution >= 0.6 is 11.3 Å². The van der Waals surface area contributed by atoms with E-state index in [9.17, 15) is 9.90 Å². The monoisotopic (exact) mass is 317 g/mol. The zero-order chi connectivity index (χ0) is 16.1. The van der Waals surface area contributed by atoms with Crippen LogP contribution in [0.5, 0.6) is 11.5 Å². The highest BCUT2D eigenvalue weighted by Crippen LogP contribution is 2.24. The van der Waals surface area contributed by atoms with Gasteiger partial charge >= 0.3 is 0 Å². The van der Waals surface area contributed by atoms with Gasteiger partial charge in [0.1, 0.15) is 18.0 Å². The molecular weight excluding hydrogens is 298 g/mol. The fraction of sp³-hybridized carbons (Fsp3) is 0.294. The topological polar surface area (TPSA) is 58.9 Å². The number of aliphatic imine (C=N–C) groups is 1. The van der Waals surface area contributed by atoms with E-state index in [1.807, 2.05) is 12.1 Å². The van der Waals surface area contributed by atoms with E-state index in [1.165, 1.54) is 22.3 Å². The zero-order valence-corrected chi connectivity index (χ0v) is 13.7. The first-order chi connectivity index (χ1) is 10.5. The summed E-state index contributed by atoms with van der Waals surface area (Å²) in [4.78, 5) is 18.3. The number of carbonyl (C=O) groups excluding carboxylic acids is 1. The summed E-state index contributed by atoms with van der Waals surface area (Å²) in [6.45, 7) is 3.93. The summed E-state index contributed by atoms with van der Waals surface area (Å²) in [6.07, 6.45) is 0.931.